The molecule has 0 aliphatic carbocycles. The van der Waals surface area contributed by atoms with Gasteiger partial charge in [0, 0.05) is 19.8 Å². The highest BCUT2D eigenvalue weighted by molar-refractivity contribution is 7.90. The van der Waals surface area contributed by atoms with Crippen molar-refractivity contribution in [2.24, 2.45) is 0 Å². The van der Waals surface area contributed by atoms with Crippen molar-refractivity contribution in [3.05, 3.63) is 23.4 Å². The second-order valence-electron chi connectivity index (χ2n) is 3.37. The topological polar surface area (TPSA) is 50.3 Å². The minimum absolute atomic E-state index is 0.109. The lowest BCUT2D eigenvalue weighted by molar-refractivity contribution is 0.601. The number of aromatic nitrogens is 1. The molecule has 0 radical (unpaired) electrons. The van der Waals surface area contributed by atoms with Crippen LogP contribution in [-0.4, -0.2) is 39.0 Å². The molecule has 0 saturated heterocycles. The van der Waals surface area contributed by atoms with Crippen molar-refractivity contribution in [2.75, 3.05) is 30.5 Å². The molecule has 1 aromatic heterocycles. The maximum Gasteiger partial charge on any atom is 0.149 e. The molecule has 0 unspecified atom stereocenters. The summed E-state index contributed by atoms with van der Waals surface area (Å²) >= 11 is 5.72. The monoisotopic (exact) mass is 248 g/mol. The van der Waals surface area contributed by atoms with Crippen LogP contribution in [-0.2, 0) is 9.84 Å². The van der Waals surface area contributed by atoms with Crippen molar-refractivity contribution in [1.29, 1.82) is 0 Å². The molecule has 84 valence electrons. The van der Waals surface area contributed by atoms with Crippen LogP contribution in [0.2, 0.25) is 5.15 Å². The van der Waals surface area contributed by atoms with Gasteiger partial charge in [0.25, 0.3) is 0 Å². The maximum absolute atomic E-state index is 11.0. The standard InChI is InChI=1S/C9H13ClN2O2S/c1-12(6-7-15(2,13)14)9-5-3-4-8(10)11-9/h3-5H,6-7H2,1-2H3. The van der Waals surface area contributed by atoms with E-state index in [0.29, 0.717) is 17.5 Å². The van der Waals surface area contributed by atoms with Crippen molar-refractivity contribution >= 4 is 27.3 Å². The summed E-state index contributed by atoms with van der Waals surface area (Å²) < 4.78 is 21.9. The molecule has 0 amide bonds. The zero-order valence-corrected chi connectivity index (χ0v) is 10.2. The highest BCUT2D eigenvalue weighted by atomic mass is 35.5. The fourth-order valence-electron chi connectivity index (χ4n) is 1.03. The zero-order valence-electron chi connectivity index (χ0n) is 8.64. The van der Waals surface area contributed by atoms with Gasteiger partial charge in [-0.3, -0.25) is 0 Å². The van der Waals surface area contributed by atoms with E-state index in [9.17, 15) is 8.42 Å². The molecule has 0 aliphatic heterocycles. The average molecular weight is 249 g/mol. The van der Waals surface area contributed by atoms with E-state index in [4.69, 9.17) is 11.6 Å². The van der Waals surface area contributed by atoms with Gasteiger partial charge < -0.3 is 4.90 Å². The number of hydrogen-bond acceptors (Lipinski definition) is 4. The summed E-state index contributed by atoms with van der Waals surface area (Å²) in [5.74, 6) is 0.781. The van der Waals surface area contributed by atoms with Crippen LogP contribution < -0.4 is 4.90 Å². The predicted molar refractivity (Wildman–Crippen MR) is 62.2 cm³/mol. The van der Waals surface area contributed by atoms with Crippen LogP contribution in [0.1, 0.15) is 0 Å². The first-order valence-electron chi connectivity index (χ1n) is 4.40. The Labute approximate surface area is 94.8 Å². The predicted octanol–water partition coefficient (Wildman–Crippen LogP) is 1.22. The van der Waals surface area contributed by atoms with E-state index >= 15 is 0 Å². The second-order valence-corrected chi connectivity index (χ2v) is 6.02. The third kappa shape index (κ3) is 4.48. The molecule has 0 aliphatic rings. The van der Waals surface area contributed by atoms with Crippen LogP contribution in [0, 0.1) is 0 Å². The third-order valence-corrected chi connectivity index (χ3v) is 3.02. The summed E-state index contributed by atoms with van der Waals surface area (Å²) in [5.41, 5.74) is 0. The first kappa shape index (κ1) is 12.3. The van der Waals surface area contributed by atoms with Crippen molar-refractivity contribution in [3.63, 3.8) is 0 Å². The Morgan fingerprint density at radius 1 is 1.47 bits per heavy atom. The van der Waals surface area contributed by atoms with Gasteiger partial charge in [-0.2, -0.15) is 0 Å². The molecule has 4 nitrogen and oxygen atoms in total. The maximum atomic E-state index is 11.0. The molecule has 0 N–H and O–H groups in total. The molecule has 6 heteroatoms. The molecule has 1 aromatic rings. The highest BCUT2D eigenvalue weighted by Crippen LogP contribution is 2.12. The van der Waals surface area contributed by atoms with E-state index in [1.165, 1.54) is 6.26 Å². The van der Waals surface area contributed by atoms with Crippen LogP contribution in [0.5, 0.6) is 0 Å². The van der Waals surface area contributed by atoms with Crippen LogP contribution in [0.4, 0.5) is 5.82 Å². The van der Waals surface area contributed by atoms with Crippen LogP contribution in [0.3, 0.4) is 0 Å². The number of hydrogen-bond donors (Lipinski definition) is 0. The Bertz CT molecular complexity index is 433. The largest absolute Gasteiger partial charge is 0.359 e. The fourth-order valence-corrected chi connectivity index (χ4v) is 1.79. The molecule has 0 atom stereocenters. The molecule has 0 fully saturated rings. The molecule has 1 rings (SSSR count). The van der Waals surface area contributed by atoms with Gasteiger partial charge in [-0.05, 0) is 12.1 Å². The van der Waals surface area contributed by atoms with E-state index < -0.39 is 9.84 Å². The lowest BCUT2D eigenvalue weighted by Crippen LogP contribution is -2.25. The lowest BCUT2D eigenvalue weighted by Gasteiger charge is -2.17. The summed E-state index contributed by atoms with van der Waals surface area (Å²) in [4.78, 5) is 5.83. The normalized spacial score (nSPS) is 11.4. The number of rotatable bonds is 4. The first-order valence-corrected chi connectivity index (χ1v) is 6.84. The Morgan fingerprint density at radius 3 is 2.67 bits per heavy atom. The Kier molecular flexibility index (Phi) is 3.93. The molecule has 0 aromatic carbocycles. The number of sulfone groups is 1. The van der Waals surface area contributed by atoms with Crippen LogP contribution in [0.15, 0.2) is 18.2 Å². The summed E-state index contributed by atoms with van der Waals surface area (Å²) in [7, 11) is -1.16. The van der Waals surface area contributed by atoms with Gasteiger partial charge in [-0.1, -0.05) is 17.7 Å². The zero-order chi connectivity index (χ0) is 11.5. The van der Waals surface area contributed by atoms with E-state index in [-0.39, 0.29) is 5.75 Å². The van der Waals surface area contributed by atoms with Crippen molar-refractivity contribution < 1.29 is 8.42 Å². The van der Waals surface area contributed by atoms with E-state index in [0.717, 1.165) is 0 Å². The first-order chi connectivity index (χ1) is 6.88. The Hall–Kier alpha value is -0.810. The third-order valence-electron chi connectivity index (χ3n) is 1.89. The van der Waals surface area contributed by atoms with E-state index in [1.54, 1.807) is 30.1 Å². The van der Waals surface area contributed by atoms with Gasteiger partial charge in [0.05, 0.1) is 5.75 Å². The van der Waals surface area contributed by atoms with Crippen molar-refractivity contribution in [1.82, 2.24) is 4.98 Å². The molecular weight excluding hydrogens is 236 g/mol. The van der Waals surface area contributed by atoms with Crippen molar-refractivity contribution in [3.8, 4) is 0 Å². The second kappa shape index (κ2) is 4.81. The summed E-state index contributed by atoms with van der Waals surface area (Å²) in [5, 5.41) is 0.402. The molecule has 0 bridgehead atoms. The van der Waals surface area contributed by atoms with E-state index in [1.807, 2.05) is 0 Å². The van der Waals surface area contributed by atoms with Gasteiger partial charge in [-0.25, -0.2) is 13.4 Å². The molecule has 15 heavy (non-hydrogen) atoms. The average Bonchev–Trinajstić information content (AvgIpc) is 2.13. The van der Waals surface area contributed by atoms with E-state index in [2.05, 4.69) is 4.98 Å². The minimum Gasteiger partial charge on any atom is -0.359 e. The van der Waals surface area contributed by atoms with Gasteiger partial charge in [0.2, 0.25) is 0 Å². The summed E-state index contributed by atoms with van der Waals surface area (Å²) in [6, 6.07) is 5.24. The summed E-state index contributed by atoms with van der Waals surface area (Å²) in [6.07, 6.45) is 1.21. The summed E-state index contributed by atoms with van der Waals surface area (Å²) in [6.45, 7) is 0.409. The lowest BCUT2D eigenvalue weighted by atomic mass is 10.4. The highest BCUT2D eigenvalue weighted by Gasteiger charge is 2.07. The van der Waals surface area contributed by atoms with Crippen molar-refractivity contribution in [2.45, 2.75) is 0 Å². The SMILES string of the molecule is CN(CCS(C)(=O)=O)c1cccc(Cl)n1. The molecule has 0 spiro atoms. The number of halogens is 1. The number of anilines is 1. The fraction of sp³-hybridized carbons (Fsp3) is 0.444. The van der Waals surface area contributed by atoms with Gasteiger partial charge in [0.1, 0.15) is 20.8 Å². The minimum atomic E-state index is -2.94. The van der Waals surface area contributed by atoms with Gasteiger partial charge in [0.15, 0.2) is 0 Å². The molecule has 1 heterocycles. The van der Waals surface area contributed by atoms with Crippen LogP contribution >= 0.6 is 11.6 Å². The van der Waals surface area contributed by atoms with Gasteiger partial charge in [-0.15, -0.1) is 0 Å². The molecular formula is C9H13ClN2O2S. The molecule has 0 saturated carbocycles. The van der Waals surface area contributed by atoms with Gasteiger partial charge >= 0.3 is 0 Å². The number of pyridine rings is 1. The smallest absolute Gasteiger partial charge is 0.149 e. The Balaban J connectivity index is 2.65. The number of nitrogens with zero attached hydrogens (tertiary/aromatic N) is 2. The quantitative estimate of drug-likeness (QED) is 0.752. The van der Waals surface area contributed by atoms with Crippen LogP contribution in [0.25, 0.3) is 0 Å². The Morgan fingerprint density at radius 2 is 2.13 bits per heavy atom.